The van der Waals surface area contributed by atoms with E-state index in [1.54, 1.807) is 0 Å². The molecule has 0 amide bonds. The molecule has 0 aromatic heterocycles. The van der Waals surface area contributed by atoms with Crippen LogP contribution >= 0.6 is 0 Å². The number of carboxylic acid groups (broad SMARTS) is 1. The average Bonchev–Trinajstić information content (AvgIpc) is 2.39. The van der Waals surface area contributed by atoms with Gasteiger partial charge in [0.1, 0.15) is 0 Å². The third kappa shape index (κ3) is 4.88. The third-order valence-electron chi connectivity index (χ3n) is 3.32. The van der Waals surface area contributed by atoms with Gasteiger partial charge in [0, 0.05) is 31.8 Å². The lowest BCUT2D eigenvalue weighted by Crippen LogP contribution is -2.40. The van der Waals surface area contributed by atoms with Crippen LogP contribution in [-0.4, -0.2) is 60.1 Å². The monoisotopic (exact) mass is 240 g/mol. The smallest absolute Gasteiger partial charge is 0.328 e. The maximum absolute atomic E-state index is 10.6. The molecule has 1 aliphatic rings. The van der Waals surface area contributed by atoms with E-state index in [-0.39, 0.29) is 0 Å². The third-order valence-corrected chi connectivity index (χ3v) is 3.32. The molecule has 0 aliphatic carbocycles. The molecule has 98 valence electrons. The van der Waals surface area contributed by atoms with Crippen LogP contribution < -0.4 is 0 Å². The molecule has 0 bridgehead atoms. The van der Waals surface area contributed by atoms with E-state index in [9.17, 15) is 4.79 Å². The summed E-state index contributed by atoms with van der Waals surface area (Å²) >= 11 is 0. The SMILES string of the molecule is CCC1CN(C)CCCN1CC(C)=CC(=O)O. The fraction of sp³-hybridized carbons (Fsp3) is 0.769. The summed E-state index contributed by atoms with van der Waals surface area (Å²) in [5.41, 5.74) is 0.931. The number of carboxylic acids is 1. The van der Waals surface area contributed by atoms with Crippen molar-refractivity contribution in [2.24, 2.45) is 0 Å². The van der Waals surface area contributed by atoms with Crippen LogP contribution in [0, 0.1) is 0 Å². The van der Waals surface area contributed by atoms with E-state index in [1.165, 1.54) is 6.08 Å². The van der Waals surface area contributed by atoms with Crippen LogP contribution in [0.15, 0.2) is 11.6 Å². The van der Waals surface area contributed by atoms with Gasteiger partial charge in [-0.3, -0.25) is 4.90 Å². The van der Waals surface area contributed by atoms with Crippen molar-refractivity contribution in [3.05, 3.63) is 11.6 Å². The van der Waals surface area contributed by atoms with Gasteiger partial charge >= 0.3 is 5.97 Å². The first-order chi connectivity index (χ1) is 8.02. The van der Waals surface area contributed by atoms with Crippen molar-refractivity contribution in [3.63, 3.8) is 0 Å². The maximum atomic E-state index is 10.6. The molecule has 1 heterocycles. The predicted molar refractivity (Wildman–Crippen MR) is 69.2 cm³/mol. The molecule has 1 N–H and O–H groups in total. The van der Waals surface area contributed by atoms with E-state index in [0.717, 1.165) is 44.6 Å². The summed E-state index contributed by atoms with van der Waals surface area (Å²) in [7, 11) is 2.16. The van der Waals surface area contributed by atoms with Gasteiger partial charge in [-0.25, -0.2) is 4.79 Å². The molecule has 1 unspecified atom stereocenters. The number of hydrogen-bond acceptors (Lipinski definition) is 3. The molecule has 4 heteroatoms. The molecular weight excluding hydrogens is 216 g/mol. The zero-order valence-corrected chi connectivity index (χ0v) is 11.1. The van der Waals surface area contributed by atoms with Crippen LogP contribution in [0.2, 0.25) is 0 Å². The van der Waals surface area contributed by atoms with Gasteiger partial charge in [0.25, 0.3) is 0 Å². The first-order valence-electron chi connectivity index (χ1n) is 6.35. The van der Waals surface area contributed by atoms with E-state index >= 15 is 0 Å². The Morgan fingerprint density at radius 2 is 2.18 bits per heavy atom. The standard InChI is InChI=1S/C13H24N2O2/c1-4-12-10-14(3)6-5-7-15(12)9-11(2)8-13(16)17/h8,12H,4-7,9-10H2,1-3H3,(H,16,17). The van der Waals surface area contributed by atoms with Crippen LogP contribution in [-0.2, 0) is 4.79 Å². The molecule has 0 spiro atoms. The Morgan fingerprint density at radius 3 is 2.76 bits per heavy atom. The highest BCUT2D eigenvalue weighted by atomic mass is 16.4. The van der Waals surface area contributed by atoms with Gasteiger partial charge in [-0.2, -0.15) is 0 Å². The molecule has 1 saturated heterocycles. The minimum absolute atomic E-state index is 0.541. The van der Waals surface area contributed by atoms with Crippen molar-refractivity contribution in [1.29, 1.82) is 0 Å². The second-order valence-corrected chi connectivity index (χ2v) is 4.98. The molecule has 0 aromatic rings. The Morgan fingerprint density at radius 1 is 1.47 bits per heavy atom. The highest BCUT2D eigenvalue weighted by Gasteiger charge is 2.21. The summed E-state index contributed by atoms with van der Waals surface area (Å²) in [5, 5.41) is 8.73. The van der Waals surface area contributed by atoms with Gasteiger partial charge in [0.2, 0.25) is 0 Å². The minimum Gasteiger partial charge on any atom is -0.478 e. The average molecular weight is 240 g/mol. The zero-order valence-electron chi connectivity index (χ0n) is 11.1. The van der Waals surface area contributed by atoms with E-state index in [0.29, 0.717) is 6.04 Å². The molecular formula is C13H24N2O2. The van der Waals surface area contributed by atoms with E-state index in [1.807, 2.05) is 6.92 Å². The van der Waals surface area contributed by atoms with Gasteiger partial charge in [0.15, 0.2) is 0 Å². The van der Waals surface area contributed by atoms with Crippen molar-refractivity contribution in [2.75, 3.05) is 33.2 Å². The Labute approximate surface area is 104 Å². The number of rotatable bonds is 4. The Bertz CT molecular complexity index is 289. The van der Waals surface area contributed by atoms with Crippen molar-refractivity contribution in [2.45, 2.75) is 32.7 Å². The molecule has 1 fully saturated rings. The largest absolute Gasteiger partial charge is 0.478 e. The van der Waals surface area contributed by atoms with Crippen LogP contribution in [0.4, 0.5) is 0 Å². The Hall–Kier alpha value is -0.870. The first-order valence-corrected chi connectivity index (χ1v) is 6.35. The van der Waals surface area contributed by atoms with E-state index in [2.05, 4.69) is 23.8 Å². The van der Waals surface area contributed by atoms with Crippen molar-refractivity contribution < 1.29 is 9.90 Å². The normalized spacial score (nSPS) is 24.6. The molecule has 0 aromatic carbocycles. The highest BCUT2D eigenvalue weighted by molar-refractivity contribution is 5.80. The molecule has 17 heavy (non-hydrogen) atoms. The summed E-state index contributed by atoms with van der Waals surface area (Å²) in [5.74, 6) is -0.845. The van der Waals surface area contributed by atoms with Crippen molar-refractivity contribution in [1.82, 2.24) is 9.80 Å². The molecule has 0 saturated carbocycles. The van der Waals surface area contributed by atoms with Crippen molar-refractivity contribution in [3.8, 4) is 0 Å². The lowest BCUT2D eigenvalue weighted by Gasteiger charge is -2.30. The van der Waals surface area contributed by atoms with Crippen LogP contribution in [0.3, 0.4) is 0 Å². The second kappa shape index (κ2) is 6.77. The quantitative estimate of drug-likeness (QED) is 0.755. The Balaban J connectivity index is 2.63. The number of aliphatic carboxylic acids is 1. The molecule has 4 nitrogen and oxygen atoms in total. The molecule has 0 radical (unpaired) electrons. The van der Waals surface area contributed by atoms with Gasteiger partial charge < -0.3 is 10.0 Å². The van der Waals surface area contributed by atoms with Gasteiger partial charge in [-0.15, -0.1) is 0 Å². The van der Waals surface area contributed by atoms with Crippen LogP contribution in [0.1, 0.15) is 26.7 Å². The highest BCUT2D eigenvalue weighted by Crippen LogP contribution is 2.13. The van der Waals surface area contributed by atoms with Gasteiger partial charge in [-0.05, 0) is 33.4 Å². The summed E-state index contributed by atoms with van der Waals surface area (Å²) in [4.78, 5) is 15.4. The fourth-order valence-electron chi connectivity index (χ4n) is 2.47. The topological polar surface area (TPSA) is 43.8 Å². The summed E-state index contributed by atoms with van der Waals surface area (Å²) in [6.45, 7) is 8.15. The summed E-state index contributed by atoms with van der Waals surface area (Å²) in [6.07, 6.45) is 3.60. The predicted octanol–water partition coefficient (Wildman–Crippen LogP) is 1.43. The number of nitrogens with zero attached hydrogens (tertiary/aromatic N) is 2. The van der Waals surface area contributed by atoms with Gasteiger partial charge in [-0.1, -0.05) is 12.5 Å². The number of carbonyl (C=O) groups is 1. The molecule has 1 atom stereocenters. The van der Waals surface area contributed by atoms with Gasteiger partial charge in [0.05, 0.1) is 0 Å². The lowest BCUT2D eigenvalue weighted by molar-refractivity contribution is -0.131. The number of likely N-dealkylation sites (N-methyl/N-ethyl adjacent to an activating group) is 1. The zero-order chi connectivity index (χ0) is 12.8. The minimum atomic E-state index is -0.845. The molecule has 1 rings (SSSR count). The summed E-state index contributed by atoms with van der Waals surface area (Å²) < 4.78 is 0. The van der Waals surface area contributed by atoms with Crippen molar-refractivity contribution >= 4 is 5.97 Å². The van der Waals surface area contributed by atoms with Crippen LogP contribution in [0.25, 0.3) is 0 Å². The second-order valence-electron chi connectivity index (χ2n) is 4.98. The van der Waals surface area contributed by atoms with E-state index in [4.69, 9.17) is 5.11 Å². The lowest BCUT2D eigenvalue weighted by atomic mass is 10.1. The fourth-order valence-corrected chi connectivity index (χ4v) is 2.47. The maximum Gasteiger partial charge on any atom is 0.328 e. The molecule has 1 aliphatic heterocycles. The Kier molecular flexibility index (Phi) is 5.65. The summed E-state index contributed by atoms with van der Waals surface area (Å²) in [6, 6.07) is 0.541. The van der Waals surface area contributed by atoms with E-state index < -0.39 is 5.97 Å². The van der Waals surface area contributed by atoms with Crippen LogP contribution in [0.5, 0.6) is 0 Å². The first kappa shape index (κ1) is 14.2. The number of hydrogen-bond donors (Lipinski definition) is 1.